The van der Waals surface area contributed by atoms with Gasteiger partial charge in [-0.1, -0.05) is 27.5 Å². The number of methoxy groups -OCH3 is 1. The van der Waals surface area contributed by atoms with Gasteiger partial charge in [0.05, 0.1) is 19.4 Å². The second-order valence-corrected chi connectivity index (χ2v) is 7.18. The molecule has 4 amide bonds. The molecule has 2 aromatic rings. The van der Waals surface area contributed by atoms with Crippen molar-refractivity contribution < 1.29 is 23.9 Å². The third kappa shape index (κ3) is 4.28. The first-order valence-electron chi connectivity index (χ1n) is 8.53. The fourth-order valence-corrected chi connectivity index (χ4v) is 3.29. The summed E-state index contributed by atoms with van der Waals surface area (Å²) in [6.45, 7) is 2.29. The number of ether oxygens (including phenoxy) is 2. The fourth-order valence-electron chi connectivity index (χ4n) is 2.73. The Morgan fingerprint density at radius 1 is 1.14 bits per heavy atom. The van der Waals surface area contributed by atoms with E-state index in [2.05, 4.69) is 21.2 Å². The maximum atomic E-state index is 12.9. The van der Waals surface area contributed by atoms with Gasteiger partial charge < -0.3 is 9.47 Å². The van der Waals surface area contributed by atoms with Crippen LogP contribution in [0.5, 0.6) is 11.5 Å². The van der Waals surface area contributed by atoms with E-state index >= 15 is 0 Å². The van der Waals surface area contributed by atoms with E-state index in [0.717, 1.165) is 4.90 Å². The lowest BCUT2D eigenvalue weighted by Crippen LogP contribution is -2.54. The molecular weight excluding hydrogens is 464 g/mol. The number of amides is 4. The predicted molar refractivity (Wildman–Crippen MR) is 112 cm³/mol. The topological polar surface area (TPSA) is 84.9 Å². The Labute approximate surface area is 180 Å². The largest absolute Gasteiger partial charge is 0.493 e. The Morgan fingerprint density at radius 2 is 1.83 bits per heavy atom. The maximum Gasteiger partial charge on any atom is 0.335 e. The van der Waals surface area contributed by atoms with E-state index in [4.69, 9.17) is 21.1 Å². The number of carbonyl (C=O) groups is 3. The van der Waals surface area contributed by atoms with Crippen LogP contribution >= 0.6 is 27.5 Å². The van der Waals surface area contributed by atoms with Crippen LogP contribution in [0.4, 0.5) is 10.5 Å². The number of urea groups is 1. The lowest BCUT2D eigenvalue weighted by Gasteiger charge is -2.26. The molecule has 2 aromatic carbocycles. The van der Waals surface area contributed by atoms with E-state index in [0.29, 0.717) is 38.9 Å². The van der Waals surface area contributed by atoms with Crippen molar-refractivity contribution in [3.8, 4) is 11.5 Å². The van der Waals surface area contributed by atoms with Gasteiger partial charge in [-0.05, 0) is 55.0 Å². The van der Waals surface area contributed by atoms with Crippen LogP contribution < -0.4 is 19.7 Å². The first kappa shape index (κ1) is 20.9. The number of imide groups is 2. The first-order valence-corrected chi connectivity index (χ1v) is 9.70. The molecule has 0 bridgehead atoms. The molecule has 150 valence electrons. The van der Waals surface area contributed by atoms with Crippen LogP contribution in [0.2, 0.25) is 5.02 Å². The minimum Gasteiger partial charge on any atom is -0.493 e. The molecule has 0 saturated carbocycles. The zero-order valence-corrected chi connectivity index (χ0v) is 17.8. The molecule has 1 aliphatic heterocycles. The van der Waals surface area contributed by atoms with E-state index in [9.17, 15) is 14.4 Å². The number of rotatable bonds is 5. The number of barbiturate groups is 1. The molecule has 7 nitrogen and oxygen atoms in total. The lowest BCUT2D eigenvalue weighted by atomic mass is 10.1. The highest BCUT2D eigenvalue weighted by Crippen LogP contribution is 2.35. The average Bonchev–Trinajstić information content (AvgIpc) is 2.68. The Hall–Kier alpha value is -2.84. The van der Waals surface area contributed by atoms with Crippen molar-refractivity contribution in [2.24, 2.45) is 0 Å². The van der Waals surface area contributed by atoms with Gasteiger partial charge in [0.2, 0.25) is 0 Å². The minimum absolute atomic E-state index is 0.202. The molecule has 0 spiro atoms. The second kappa shape index (κ2) is 8.67. The van der Waals surface area contributed by atoms with Gasteiger partial charge in [0.25, 0.3) is 11.8 Å². The molecule has 29 heavy (non-hydrogen) atoms. The third-order valence-electron chi connectivity index (χ3n) is 4.07. The van der Waals surface area contributed by atoms with Gasteiger partial charge in [0.15, 0.2) is 11.5 Å². The van der Waals surface area contributed by atoms with Crippen molar-refractivity contribution >= 4 is 57.1 Å². The van der Waals surface area contributed by atoms with E-state index in [1.54, 1.807) is 24.3 Å². The SMILES string of the molecule is CCOc1cc(Br)c(C=C2C(=O)NC(=O)N(c3ccc(Cl)cc3)C2=O)cc1OC. The number of benzene rings is 2. The molecule has 0 radical (unpaired) electrons. The number of carbonyl (C=O) groups excluding carboxylic acids is 3. The summed E-state index contributed by atoms with van der Waals surface area (Å²) in [6, 6.07) is 8.61. The summed E-state index contributed by atoms with van der Waals surface area (Å²) in [6.07, 6.45) is 1.38. The summed E-state index contributed by atoms with van der Waals surface area (Å²) in [4.78, 5) is 38.4. The summed E-state index contributed by atoms with van der Waals surface area (Å²) in [7, 11) is 1.49. The molecule has 0 aromatic heterocycles. The number of halogens is 2. The van der Waals surface area contributed by atoms with Gasteiger partial charge in [0.1, 0.15) is 5.57 Å². The summed E-state index contributed by atoms with van der Waals surface area (Å²) in [5, 5.41) is 2.63. The fraction of sp³-hybridized carbons (Fsp3) is 0.150. The second-order valence-electron chi connectivity index (χ2n) is 5.89. The Bertz CT molecular complexity index is 1020. The lowest BCUT2D eigenvalue weighted by molar-refractivity contribution is -0.122. The van der Waals surface area contributed by atoms with E-state index in [1.807, 2.05) is 6.92 Å². The normalized spacial score (nSPS) is 15.5. The molecule has 1 heterocycles. The van der Waals surface area contributed by atoms with Gasteiger partial charge in [0, 0.05) is 9.50 Å². The van der Waals surface area contributed by atoms with Crippen LogP contribution in [0, 0.1) is 0 Å². The summed E-state index contributed by atoms with van der Waals surface area (Å²) in [5.41, 5.74) is 0.597. The van der Waals surface area contributed by atoms with Crippen LogP contribution in [0.3, 0.4) is 0 Å². The zero-order chi connectivity index (χ0) is 21.1. The Balaban J connectivity index is 2.03. The number of nitrogens with zero attached hydrogens (tertiary/aromatic N) is 1. The highest BCUT2D eigenvalue weighted by molar-refractivity contribution is 9.10. The van der Waals surface area contributed by atoms with Gasteiger partial charge in [-0.3, -0.25) is 14.9 Å². The highest BCUT2D eigenvalue weighted by atomic mass is 79.9. The van der Waals surface area contributed by atoms with Gasteiger partial charge in [-0.15, -0.1) is 0 Å². The number of hydrogen-bond donors (Lipinski definition) is 1. The average molecular weight is 480 g/mol. The summed E-state index contributed by atoms with van der Waals surface area (Å²) >= 11 is 9.28. The molecule has 1 N–H and O–H groups in total. The molecule has 1 saturated heterocycles. The third-order valence-corrected chi connectivity index (χ3v) is 5.01. The first-order chi connectivity index (χ1) is 13.8. The van der Waals surface area contributed by atoms with E-state index < -0.39 is 17.8 Å². The molecule has 0 atom stereocenters. The molecule has 0 unspecified atom stereocenters. The van der Waals surface area contributed by atoms with Crippen molar-refractivity contribution in [2.45, 2.75) is 6.92 Å². The molecule has 3 rings (SSSR count). The standard InChI is InChI=1S/C20H16BrClN2O5/c1-3-29-17-10-15(21)11(9-16(17)28-2)8-14-18(25)23-20(27)24(19(14)26)13-6-4-12(22)5-7-13/h4-10H,3H2,1-2H3,(H,23,25,27). The quantitative estimate of drug-likeness (QED) is 0.514. The molecule has 1 fully saturated rings. The van der Waals surface area contributed by atoms with Crippen LogP contribution in [0.15, 0.2) is 46.4 Å². The van der Waals surface area contributed by atoms with Gasteiger partial charge in [-0.25, -0.2) is 9.69 Å². The number of hydrogen-bond acceptors (Lipinski definition) is 5. The number of anilines is 1. The monoisotopic (exact) mass is 478 g/mol. The molecular formula is C20H16BrClN2O5. The van der Waals surface area contributed by atoms with Crippen LogP contribution in [-0.4, -0.2) is 31.6 Å². The van der Waals surface area contributed by atoms with Crippen LogP contribution in [0.1, 0.15) is 12.5 Å². The van der Waals surface area contributed by atoms with Crippen molar-refractivity contribution in [1.82, 2.24) is 5.32 Å². The van der Waals surface area contributed by atoms with Gasteiger partial charge in [-0.2, -0.15) is 0 Å². The minimum atomic E-state index is -0.831. The zero-order valence-electron chi connectivity index (χ0n) is 15.5. The van der Waals surface area contributed by atoms with E-state index in [-0.39, 0.29) is 5.57 Å². The van der Waals surface area contributed by atoms with E-state index in [1.165, 1.54) is 25.3 Å². The molecule has 9 heteroatoms. The number of nitrogens with one attached hydrogen (secondary N) is 1. The summed E-state index contributed by atoms with van der Waals surface area (Å²) in [5.74, 6) is -0.580. The van der Waals surface area contributed by atoms with Crippen molar-refractivity contribution in [3.05, 3.63) is 57.0 Å². The molecule has 0 aliphatic carbocycles. The van der Waals surface area contributed by atoms with Gasteiger partial charge >= 0.3 is 6.03 Å². The summed E-state index contributed by atoms with van der Waals surface area (Å²) < 4.78 is 11.4. The molecule has 1 aliphatic rings. The Kier molecular flexibility index (Phi) is 6.24. The predicted octanol–water partition coefficient (Wildman–Crippen LogP) is 4.18. The Morgan fingerprint density at radius 3 is 2.45 bits per heavy atom. The highest BCUT2D eigenvalue weighted by Gasteiger charge is 2.37. The van der Waals surface area contributed by atoms with Crippen molar-refractivity contribution in [1.29, 1.82) is 0 Å². The smallest absolute Gasteiger partial charge is 0.335 e. The van der Waals surface area contributed by atoms with Crippen molar-refractivity contribution in [2.75, 3.05) is 18.6 Å². The van der Waals surface area contributed by atoms with Crippen LogP contribution in [0.25, 0.3) is 6.08 Å². The van der Waals surface area contributed by atoms with Crippen LogP contribution in [-0.2, 0) is 9.59 Å². The maximum absolute atomic E-state index is 12.9. The van der Waals surface area contributed by atoms with Crippen molar-refractivity contribution in [3.63, 3.8) is 0 Å².